The summed E-state index contributed by atoms with van der Waals surface area (Å²) in [5, 5.41) is 9.86. The molecule has 1 aliphatic rings. The maximum Gasteiger partial charge on any atom is 0.163 e. The summed E-state index contributed by atoms with van der Waals surface area (Å²) >= 11 is 6.45. The topological polar surface area (TPSA) is 59.3 Å². The Balaban J connectivity index is 1.75. The van der Waals surface area contributed by atoms with Crippen molar-refractivity contribution in [1.29, 1.82) is 5.26 Å². The van der Waals surface area contributed by atoms with Gasteiger partial charge < -0.3 is 9.47 Å². The average molecular weight is 440 g/mol. The van der Waals surface area contributed by atoms with Gasteiger partial charge in [-0.3, -0.25) is 4.79 Å². The van der Waals surface area contributed by atoms with Gasteiger partial charge in [-0.05, 0) is 82.7 Å². The Bertz CT molecular complexity index is 1000. The molecular formula is C26H30ClNO3. The van der Waals surface area contributed by atoms with E-state index in [2.05, 4.69) is 33.8 Å². The first-order chi connectivity index (χ1) is 14.5. The van der Waals surface area contributed by atoms with Crippen LogP contribution in [0.3, 0.4) is 0 Å². The maximum atomic E-state index is 13.0. The van der Waals surface area contributed by atoms with Crippen LogP contribution in [0.5, 0.6) is 11.5 Å². The molecule has 0 atom stereocenters. The number of hydrogen-bond acceptors (Lipinski definition) is 4. The standard InChI is InChI=1S/C26H30ClNO3/c1-6-18-8-7-9-23(20(18)16-28)30-24-11-10-19(13-21(24)27)22(29)12-17-14-25(2,3)31-26(4,5)15-17/h7-11,13,17H,6,12,14-15H2,1-5H3. The third kappa shape index (κ3) is 5.67. The van der Waals surface area contributed by atoms with E-state index in [0.717, 1.165) is 24.8 Å². The van der Waals surface area contributed by atoms with Gasteiger partial charge in [0.1, 0.15) is 17.6 Å². The molecule has 164 valence electrons. The summed E-state index contributed by atoms with van der Waals surface area (Å²) in [5.41, 5.74) is 1.51. The zero-order chi connectivity index (χ0) is 22.8. The Labute approximate surface area is 190 Å². The van der Waals surface area contributed by atoms with Gasteiger partial charge in [-0.2, -0.15) is 5.26 Å². The molecule has 2 aromatic rings. The second-order valence-electron chi connectivity index (χ2n) is 9.53. The van der Waals surface area contributed by atoms with Crippen LogP contribution < -0.4 is 4.74 Å². The Hall–Kier alpha value is -2.35. The fourth-order valence-electron chi connectivity index (χ4n) is 4.78. The molecule has 2 aromatic carbocycles. The summed E-state index contributed by atoms with van der Waals surface area (Å²) in [4.78, 5) is 13.0. The average Bonchev–Trinajstić information content (AvgIpc) is 2.66. The van der Waals surface area contributed by atoms with Crippen LogP contribution >= 0.6 is 11.6 Å². The SMILES string of the molecule is CCc1cccc(Oc2ccc(C(=O)CC3CC(C)(C)OC(C)(C)C3)cc2Cl)c1C#N. The van der Waals surface area contributed by atoms with Gasteiger partial charge in [-0.25, -0.2) is 0 Å². The first-order valence-electron chi connectivity index (χ1n) is 10.8. The van der Waals surface area contributed by atoms with Crippen LogP contribution in [0.4, 0.5) is 0 Å². The van der Waals surface area contributed by atoms with E-state index in [-0.39, 0.29) is 22.9 Å². The van der Waals surface area contributed by atoms with Crippen molar-refractivity contribution in [1.82, 2.24) is 0 Å². The lowest BCUT2D eigenvalue weighted by atomic mass is 9.78. The van der Waals surface area contributed by atoms with Crippen molar-refractivity contribution < 1.29 is 14.3 Å². The largest absolute Gasteiger partial charge is 0.454 e. The maximum absolute atomic E-state index is 13.0. The van der Waals surface area contributed by atoms with Crippen molar-refractivity contribution in [2.45, 2.75) is 71.5 Å². The lowest BCUT2D eigenvalue weighted by Gasteiger charge is -2.45. The summed E-state index contributed by atoms with van der Waals surface area (Å²) in [6, 6.07) is 12.8. The molecule has 1 saturated heterocycles. The number of ether oxygens (including phenoxy) is 2. The van der Waals surface area contributed by atoms with Crippen molar-refractivity contribution >= 4 is 17.4 Å². The van der Waals surface area contributed by atoms with Crippen LogP contribution in [-0.4, -0.2) is 17.0 Å². The number of nitrogens with zero attached hydrogens (tertiary/aromatic N) is 1. The minimum absolute atomic E-state index is 0.0673. The molecule has 4 nitrogen and oxygen atoms in total. The molecule has 0 unspecified atom stereocenters. The Morgan fingerprint density at radius 1 is 1.16 bits per heavy atom. The molecule has 1 heterocycles. The number of halogens is 1. The van der Waals surface area contributed by atoms with E-state index < -0.39 is 0 Å². The highest BCUT2D eigenvalue weighted by molar-refractivity contribution is 6.32. The molecule has 0 aliphatic carbocycles. The van der Waals surface area contributed by atoms with Gasteiger partial charge in [0.2, 0.25) is 0 Å². The second kappa shape index (κ2) is 9.02. The minimum atomic E-state index is -0.243. The number of aryl methyl sites for hydroxylation is 1. The third-order valence-corrected chi connectivity index (χ3v) is 5.96. The smallest absolute Gasteiger partial charge is 0.163 e. The molecule has 1 fully saturated rings. The monoisotopic (exact) mass is 439 g/mol. The summed E-state index contributed by atoms with van der Waals surface area (Å²) in [6.45, 7) is 10.3. The first kappa shape index (κ1) is 23.3. The number of Topliss-reactive ketones (excluding diaryl/α,β-unsaturated/α-hetero) is 1. The highest BCUT2D eigenvalue weighted by atomic mass is 35.5. The summed E-state index contributed by atoms with van der Waals surface area (Å²) in [7, 11) is 0. The van der Waals surface area contributed by atoms with Gasteiger partial charge in [0.25, 0.3) is 0 Å². The van der Waals surface area contributed by atoms with Gasteiger partial charge in [0.05, 0.1) is 21.8 Å². The Morgan fingerprint density at radius 2 is 1.84 bits per heavy atom. The van der Waals surface area contributed by atoms with Gasteiger partial charge in [-0.1, -0.05) is 30.7 Å². The summed E-state index contributed by atoms with van der Waals surface area (Å²) in [6.07, 6.45) is 2.90. The number of carbonyl (C=O) groups is 1. The van der Waals surface area contributed by atoms with Crippen LogP contribution in [0.2, 0.25) is 5.02 Å². The van der Waals surface area contributed by atoms with Crippen molar-refractivity contribution in [2.24, 2.45) is 5.92 Å². The van der Waals surface area contributed by atoms with Crippen LogP contribution in [0.1, 0.15) is 75.4 Å². The van der Waals surface area contributed by atoms with Gasteiger partial charge in [-0.15, -0.1) is 0 Å². The predicted octanol–water partition coefficient (Wildman–Crippen LogP) is 7.12. The van der Waals surface area contributed by atoms with E-state index in [9.17, 15) is 10.1 Å². The molecule has 5 heteroatoms. The molecule has 0 N–H and O–H groups in total. The molecule has 0 saturated carbocycles. The molecule has 0 aromatic heterocycles. The fourth-order valence-corrected chi connectivity index (χ4v) is 5.00. The van der Waals surface area contributed by atoms with Gasteiger partial charge in [0, 0.05) is 12.0 Å². The normalized spacial score (nSPS) is 17.7. The van der Waals surface area contributed by atoms with Crippen molar-refractivity contribution in [3.63, 3.8) is 0 Å². The van der Waals surface area contributed by atoms with E-state index in [1.807, 2.05) is 19.1 Å². The number of hydrogen-bond donors (Lipinski definition) is 0. The summed E-state index contributed by atoms with van der Waals surface area (Å²) < 4.78 is 12.1. The molecule has 0 radical (unpaired) electrons. The lowest BCUT2D eigenvalue weighted by Crippen LogP contribution is -2.45. The summed E-state index contributed by atoms with van der Waals surface area (Å²) in [5.74, 6) is 1.22. The molecule has 0 spiro atoms. The Morgan fingerprint density at radius 3 is 2.42 bits per heavy atom. The number of benzene rings is 2. The zero-order valence-corrected chi connectivity index (χ0v) is 19.7. The van der Waals surface area contributed by atoms with Crippen molar-refractivity contribution in [3.05, 3.63) is 58.1 Å². The molecule has 1 aliphatic heterocycles. The second-order valence-corrected chi connectivity index (χ2v) is 9.93. The number of carbonyl (C=O) groups excluding carboxylic acids is 1. The van der Waals surface area contributed by atoms with Crippen molar-refractivity contribution in [3.8, 4) is 17.6 Å². The number of rotatable bonds is 6. The number of ketones is 1. The number of nitriles is 1. The van der Waals surface area contributed by atoms with Crippen LogP contribution in [-0.2, 0) is 11.2 Å². The van der Waals surface area contributed by atoms with Crippen molar-refractivity contribution in [2.75, 3.05) is 0 Å². The van der Waals surface area contributed by atoms with Crippen LogP contribution in [0.25, 0.3) is 0 Å². The highest BCUT2D eigenvalue weighted by Crippen LogP contribution is 2.40. The van der Waals surface area contributed by atoms with E-state index in [4.69, 9.17) is 21.1 Å². The van der Waals surface area contributed by atoms with E-state index >= 15 is 0 Å². The molecule has 3 rings (SSSR count). The zero-order valence-electron chi connectivity index (χ0n) is 18.9. The third-order valence-electron chi connectivity index (χ3n) is 5.67. The molecular weight excluding hydrogens is 410 g/mol. The quantitative estimate of drug-likeness (QED) is 0.449. The van der Waals surface area contributed by atoms with Crippen LogP contribution in [0, 0.1) is 17.2 Å². The lowest BCUT2D eigenvalue weighted by molar-refractivity contribution is -0.171. The van der Waals surface area contributed by atoms with Crippen LogP contribution in [0.15, 0.2) is 36.4 Å². The molecule has 0 bridgehead atoms. The van der Waals surface area contributed by atoms with E-state index in [1.54, 1.807) is 24.3 Å². The fraction of sp³-hybridized carbons (Fsp3) is 0.462. The van der Waals surface area contributed by atoms with Gasteiger partial charge in [0.15, 0.2) is 5.78 Å². The van der Waals surface area contributed by atoms with E-state index in [0.29, 0.717) is 34.1 Å². The minimum Gasteiger partial charge on any atom is -0.454 e. The predicted molar refractivity (Wildman–Crippen MR) is 123 cm³/mol. The first-order valence-corrected chi connectivity index (χ1v) is 11.1. The Kier molecular flexibility index (Phi) is 6.79. The molecule has 0 amide bonds. The van der Waals surface area contributed by atoms with E-state index in [1.165, 1.54) is 0 Å². The highest BCUT2D eigenvalue weighted by Gasteiger charge is 2.39. The van der Waals surface area contributed by atoms with Gasteiger partial charge >= 0.3 is 0 Å². The molecule has 31 heavy (non-hydrogen) atoms.